The maximum Gasteiger partial charge on any atom is 0.416 e. The Morgan fingerprint density at radius 1 is 1.19 bits per heavy atom. The Hall–Kier alpha value is -1.08. The molecule has 1 rings (SSSR count). The van der Waals surface area contributed by atoms with Gasteiger partial charge in [-0.1, -0.05) is 12.1 Å². The van der Waals surface area contributed by atoms with Gasteiger partial charge in [-0.25, -0.2) is 12.7 Å². The Morgan fingerprint density at radius 2 is 1.78 bits per heavy atom. The second-order valence-electron chi connectivity index (χ2n) is 5.62. The number of alkyl halides is 3. The first kappa shape index (κ1) is 25.9. The van der Waals surface area contributed by atoms with Gasteiger partial charge >= 0.3 is 6.18 Å². The van der Waals surface area contributed by atoms with Crippen molar-refractivity contribution in [2.75, 3.05) is 32.9 Å². The molecule has 0 saturated heterocycles. The predicted molar refractivity (Wildman–Crippen MR) is 112 cm³/mol. The Kier molecular flexibility index (Phi) is 11.2. The van der Waals surface area contributed by atoms with E-state index in [4.69, 9.17) is 0 Å². The normalized spacial score (nSPS) is 12.6. The number of hydrogen-bond acceptors (Lipinski definition) is 3. The van der Waals surface area contributed by atoms with Gasteiger partial charge in [-0.2, -0.15) is 13.2 Å². The highest BCUT2D eigenvalue weighted by molar-refractivity contribution is 14.0. The van der Waals surface area contributed by atoms with Crippen molar-refractivity contribution < 1.29 is 21.6 Å². The molecule has 1 aromatic rings. The van der Waals surface area contributed by atoms with Gasteiger partial charge in [-0.05, 0) is 31.0 Å². The van der Waals surface area contributed by atoms with Crippen LogP contribution in [0, 0.1) is 0 Å². The zero-order valence-electron chi connectivity index (χ0n) is 15.5. The molecule has 0 heterocycles. The van der Waals surface area contributed by atoms with E-state index in [9.17, 15) is 21.6 Å². The minimum absolute atomic E-state index is 0. The molecule has 6 nitrogen and oxygen atoms in total. The van der Waals surface area contributed by atoms with Crippen LogP contribution in [0.25, 0.3) is 0 Å². The number of halogens is 4. The van der Waals surface area contributed by atoms with Crippen LogP contribution in [-0.4, -0.2) is 51.6 Å². The Bertz CT molecular complexity index is 695. The molecule has 156 valence electrons. The van der Waals surface area contributed by atoms with Crippen LogP contribution in [0.15, 0.2) is 29.3 Å². The summed E-state index contributed by atoms with van der Waals surface area (Å²) in [6.07, 6.45) is -3.75. The quantitative estimate of drug-likeness (QED) is 0.239. The van der Waals surface area contributed by atoms with E-state index >= 15 is 0 Å². The number of nitrogens with one attached hydrogen (secondary N) is 2. The van der Waals surface area contributed by atoms with Crippen LogP contribution in [0.2, 0.25) is 0 Å². The van der Waals surface area contributed by atoms with Gasteiger partial charge in [0, 0.05) is 33.7 Å². The third-order valence-electron chi connectivity index (χ3n) is 3.75. The van der Waals surface area contributed by atoms with Crippen molar-refractivity contribution in [3.63, 3.8) is 0 Å². The van der Waals surface area contributed by atoms with Crippen LogP contribution >= 0.6 is 24.0 Å². The molecule has 0 aliphatic heterocycles. The number of hydrogen-bond donors (Lipinski definition) is 2. The van der Waals surface area contributed by atoms with Gasteiger partial charge < -0.3 is 10.6 Å². The van der Waals surface area contributed by atoms with Crippen molar-refractivity contribution in [3.05, 3.63) is 35.4 Å². The van der Waals surface area contributed by atoms with Crippen molar-refractivity contribution in [2.24, 2.45) is 4.99 Å². The maximum absolute atomic E-state index is 12.5. The van der Waals surface area contributed by atoms with E-state index in [-0.39, 0.29) is 29.7 Å². The summed E-state index contributed by atoms with van der Waals surface area (Å²) in [6, 6.07) is 4.90. The molecule has 0 amide bonds. The molecule has 0 unspecified atom stereocenters. The molecule has 0 aromatic heterocycles. The molecular weight excluding hydrogens is 496 g/mol. The van der Waals surface area contributed by atoms with E-state index in [1.54, 1.807) is 14.0 Å². The average molecular weight is 522 g/mol. The third kappa shape index (κ3) is 9.10. The molecule has 27 heavy (non-hydrogen) atoms. The second kappa shape index (κ2) is 11.7. The van der Waals surface area contributed by atoms with Gasteiger partial charge in [-0.15, -0.1) is 24.0 Å². The Labute approximate surface area is 175 Å². The Balaban J connectivity index is 0.00000676. The number of aliphatic imine (C=N–C) groups is 1. The number of benzene rings is 1. The molecule has 0 aliphatic rings. The summed E-state index contributed by atoms with van der Waals surface area (Å²) in [4.78, 5) is 4.02. The number of rotatable bonds is 8. The predicted octanol–water partition coefficient (Wildman–Crippen LogP) is 2.66. The van der Waals surface area contributed by atoms with E-state index in [0.717, 1.165) is 12.1 Å². The molecule has 2 N–H and O–H groups in total. The lowest BCUT2D eigenvalue weighted by molar-refractivity contribution is -0.137. The van der Waals surface area contributed by atoms with Gasteiger partial charge in [0.1, 0.15) is 0 Å². The fraction of sp³-hybridized carbons (Fsp3) is 0.562. The largest absolute Gasteiger partial charge is 0.416 e. The first-order valence-electron chi connectivity index (χ1n) is 8.14. The molecule has 0 aliphatic carbocycles. The van der Waals surface area contributed by atoms with E-state index in [0.29, 0.717) is 37.6 Å². The highest BCUT2D eigenvalue weighted by atomic mass is 127. The topological polar surface area (TPSA) is 73.8 Å². The lowest BCUT2D eigenvalue weighted by Crippen LogP contribution is -2.38. The maximum atomic E-state index is 12.5. The first-order valence-corrected chi connectivity index (χ1v) is 9.75. The van der Waals surface area contributed by atoms with Crippen molar-refractivity contribution in [1.29, 1.82) is 0 Å². The summed E-state index contributed by atoms with van der Waals surface area (Å²) in [5, 5.41) is 6.04. The fourth-order valence-electron chi connectivity index (χ4n) is 2.09. The summed E-state index contributed by atoms with van der Waals surface area (Å²) < 4.78 is 62.2. The van der Waals surface area contributed by atoms with Gasteiger partial charge in [0.2, 0.25) is 10.0 Å². The fourth-order valence-corrected chi connectivity index (χ4v) is 2.93. The van der Waals surface area contributed by atoms with Crippen molar-refractivity contribution in [2.45, 2.75) is 26.1 Å². The molecule has 0 spiro atoms. The van der Waals surface area contributed by atoms with Crippen LogP contribution < -0.4 is 10.6 Å². The van der Waals surface area contributed by atoms with Crippen LogP contribution in [0.4, 0.5) is 13.2 Å². The molecule has 11 heteroatoms. The molecule has 0 bridgehead atoms. The molecular formula is C16H26F3IN4O2S. The van der Waals surface area contributed by atoms with E-state index in [2.05, 4.69) is 15.6 Å². The minimum Gasteiger partial charge on any atom is -0.356 e. The molecule has 1 aromatic carbocycles. The minimum atomic E-state index is -4.35. The van der Waals surface area contributed by atoms with Crippen LogP contribution in [0.3, 0.4) is 0 Å². The number of nitrogens with zero attached hydrogens (tertiary/aromatic N) is 2. The first-order chi connectivity index (χ1) is 12.1. The molecule has 0 radical (unpaired) electrons. The van der Waals surface area contributed by atoms with E-state index in [1.807, 2.05) is 0 Å². The number of sulfonamides is 1. The van der Waals surface area contributed by atoms with E-state index < -0.39 is 21.8 Å². The highest BCUT2D eigenvalue weighted by Crippen LogP contribution is 2.28. The summed E-state index contributed by atoms with van der Waals surface area (Å²) in [6.45, 7) is 2.81. The summed E-state index contributed by atoms with van der Waals surface area (Å²) in [5.41, 5.74) is 0.00429. The smallest absolute Gasteiger partial charge is 0.356 e. The van der Waals surface area contributed by atoms with Gasteiger partial charge in [0.15, 0.2) is 5.96 Å². The van der Waals surface area contributed by atoms with Crippen LogP contribution in [-0.2, 0) is 22.7 Å². The zero-order chi connectivity index (χ0) is 19.8. The van der Waals surface area contributed by atoms with Crippen LogP contribution in [0.1, 0.15) is 24.5 Å². The average Bonchev–Trinajstić information content (AvgIpc) is 2.60. The van der Waals surface area contributed by atoms with Crippen molar-refractivity contribution in [1.82, 2.24) is 14.9 Å². The highest BCUT2D eigenvalue weighted by Gasteiger charge is 2.29. The third-order valence-corrected chi connectivity index (χ3v) is 5.61. The molecule has 0 saturated carbocycles. The lowest BCUT2D eigenvalue weighted by Gasteiger charge is -2.17. The SMILES string of the molecule is CCS(=O)(=O)N(C)CCCNC(=NC)NCc1ccc(C(F)(F)F)cc1.I. The van der Waals surface area contributed by atoms with Crippen LogP contribution in [0.5, 0.6) is 0 Å². The summed E-state index contributed by atoms with van der Waals surface area (Å²) in [5.74, 6) is 0.554. The van der Waals surface area contributed by atoms with Gasteiger partial charge in [0.05, 0.1) is 11.3 Å². The van der Waals surface area contributed by atoms with Crippen molar-refractivity contribution >= 4 is 40.0 Å². The standard InChI is InChI=1S/C16H25F3N4O2S.HI/c1-4-26(24,25)23(3)11-5-10-21-15(20-2)22-12-13-6-8-14(9-7-13)16(17,18)19;/h6-9H,4-5,10-12H2,1-3H3,(H2,20,21,22);1H. The van der Waals surface area contributed by atoms with Gasteiger partial charge in [-0.3, -0.25) is 4.99 Å². The van der Waals surface area contributed by atoms with E-state index in [1.165, 1.54) is 23.5 Å². The second-order valence-corrected chi connectivity index (χ2v) is 7.99. The van der Waals surface area contributed by atoms with Gasteiger partial charge in [0.25, 0.3) is 0 Å². The van der Waals surface area contributed by atoms with Crippen molar-refractivity contribution in [3.8, 4) is 0 Å². The molecule has 0 atom stereocenters. The Morgan fingerprint density at radius 3 is 2.26 bits per heavy atom. The zero-order valence-corrected chi connectivity index (χ0v) is 18.7. The lowest BCUT2D eigenvalue weighted by atomic mass is 10.1. The molecule has 0 fully saturated rings. The summed E-state index contributed by atoms with van der Waals surface area (Å²) in [7, 11) is -0.0679. The number of guanidine groups is 1. The summed E-state index contributed by atoms with van der Waals surface area (Å²) >= 11 is 0. The monoisotopic (exact) mass is 522 g/mol.